The summed E-state index contributed by atoms with van der Waals surface area (Å²) in [4.78, 5) is 8.56. The van der Waals surface area contributed by atoms with E-state index in [4.69, 9.17) is 10.5 Å². The van der Waals surface area contributed by atoms with E-state index >= 15 is 0 Å². The second kappa shape index (κ2) is 8.68. The first-order valence-corrected chi connectivity index (χ1v) is 8.37. The number of benzene rings is 2. The van der Waals surface area contributed by atoms with Gasteiger partial charge in [-0.25, -0.2) is 0 Å². The van der Waals surface area contributed by atoms with Crippen molar-refractivity contribution in [1.82, 2.24) is 10.3 Å². The molecule has 0 saturated carbocycles. The zero-order valence-corrected chi connectivity index (χ0v) is 14.1. The molecule has 25 heavy (non-hydrogen) atoms. The molecule has 0 radical (unpaired) electrons. The van der Waals surface area contributed by atoms with Crippen molar-refractivity contribution in [1.29, 1.82) is 0 Å². The maximum Gasteiger partial charge on any atom is 0.188 e. The minimum atomic E-state index is 0.428. The van der Waals surface area contributed by atoms with Crippen LogP contribution in [0.15, 0.2) is 71.9 Å². The van der Waals surface area contributed by atoms with Gasteiger partial charge in [0.25, 0.3) is 0 Å². The highest BCUT2D eigenvalue weighted by Crippen LogP contribution is 2.24. The normalized spacial score (nSPS) is 11.4. The number of rotatable bonds is 7. The summed E-state index contributed by atoms with van der Waals surface area (Å²) in [6.45, 7) is 1.73. The molecule has 5 heteroatoms. The molecule has 3 aromatic rings. The molecule has 0 unspecified atom stereocenters. The van der Waals surface area contributed by atoms with Gasteiger partial charge in [0.1, 0.15) is 12.4 Å². The molecule has 3 rings (SSSR count). The fourth-order valence-electron chi connectivity index (χ4n) is 2.55. The molecule has 0 bridgehead atoms. The van der Waals surface area contributed by atoms with Crippen molar-refractivity contribution in [2.24, 2.45) is 10.7 Å². The van der Waals surface area contributed by atoms with Gasteiger partial charge in [-0.05, 0) is 23.6 Å². The third kappa shape index (κ3) is 4.94. The van der Waals surface area contributed by atoms with Gasteiger partial charge in [-0.1, -0.05) is 42.5 Å². The Hall–Kier alpha value is -3.08. The van der Waals surface area contributed by atoms with E-state index < -0.39 is 0 Å². The van der Waals surface area contributed by atoms with E-state index in [0.717, 1.165) is 23.3 Å². The zero-order valence-electron chi connectivity index (χ0n) is 14.1. The lowest BCUT2D eigenvalue weighted by Gasteiger charge is -2.10. The second-order valence-electron chi connectivity index (χ2n) is 5.59. The van der Waals surface area contributed by atoms with E-state index in [-0.39, 0.29) is 0 Å². The monoisotopic (exact) mass is 334 g/mol. The minimum absolute atomic E-state index is 0.428. The summed E-state index contributed by atoms with van der Waals surface area (Å²) < 4.78 is 5.86. The lowest BCUT2D eigenvalue weighted by Crippen LogP contribution is -2.35. The second-order valence-corrected chi connectivity index (χ2v) is 5.59. The quantitative estimate of drug-likeness (QED) is 0.396. The summed E-state index contributed by atoms with van der Waals surface area (Å²) in [6.07, 6.45) is 2.56. The smallest absolute Gasteiger partial charge is 0.188 e. The molecule has 0 spiro atoms. The van der Waals surface area contributed by atoms with Crippen molar-refractivity contribution in [3.8, 4) is 5.75 Å². The van der Waals surface area contributed by atoms with Crippen molar-refractivity contribution >= 4 is 16.7 Å². The molecule has 3 N–H and O–H groups in total. The van der Waals surface area contributed by atoms with Crippen LogP contribution in [0.25, 0.3) is 10.8 Å². The van der Waals surface area contributed by atoms with Gasteiger partial charge in [-0.15, -0.1) is 0 Å². The van der Waals surface area contributed by atoms with E-state index in [1.54, 1.807) is 6.20 Å². The average molecular weight is 334 g/mol. The van der Waals surface area contributed by atoms with Gasteiger partial charge >= 0.3 is 0 Å². The molecule has 0 aliphatic rings. The molecule has 0 atom stereocenters. The van der Waals surface area contributed by atoms with Gasteiger partial charge in [0.15, 0.2) is 5.96 Å². The number of fused-ring (bicyclic) bond motifs is 1. The fourth-order valence-corrected chi connectivity index (χ4v) is 2.55. The van der Waals surface area contributed by atoms with Crippen LogP contribution < -0.4 is 15.8 Å². The Balaban J connectivity index is 1.42. The summed E-state index contributed by atoms with van der Waals surface area (Å²) in [7, 11) is 0. The summed E-state index contributed by atoms with van der Waals surface area (Å²) in [6, 6.07) is 20.1. The number of ether oxygens (including phenoxy) is 1. The lowest BCUT2D eigenvalue weighted by atomic mass is 10.1. The van der Waals surface area contributed by atoms with Crippen LogP contribution in [0.2, 0.25) is 0 Å². The Kier molecular flexibility index (Phi) is 5.82. The molecular weight excluding hydrogens is 312 g/mol. The highest BCUT2D eigenvalue weighted by atomic mass is 16.5. The first kappa shape index (κ1) is 16.8. The van der Waals surface area contributed by atoms with Crippen molar-refractivity contribution in [2.45, 2.75) is 6.42 Å². The van der Waals surface area contributed by atoms with Crippen LogP contribution in [-0.2, 0) is 6.42 Å². The number of hydrogen-bond acceptors (Lipinski definition) is 3. The molecule has 1 aromatic heterocycles. The molecule has 1 heterocycles. The van der Waals surface area contributed by atoms with Crippen LogP contribution in [-0.4, -0.2) is 30.6 Å². The highest BCUT2D eigenvalue weighted by Gasteiger charge is 2.01. The van der Waals surface area contributed by atoms with Gasteiger partial charge in [0, 0.05) is 30.2 Å². The Morgan fingerprint density at radius 3 is 2.76 bits per heavy atom. The third-order valence-corrected chi connectivity index (χ3v) is 3.79. The van der Waals surface area contributed by atoms with Crippen LogP contribution >= 0.6 is 0 Å². The maximum absolute atomic E-state index is 5.87. The number of hydrogen-bond donors (Lipinski definition) is 2. The summed E-state index contributed by atoms with van der Waals surface area (Å²) in [5.41, 5.74) is 6.88. The predicted molar refractivity (Wildman–Crippen MR) is 102 cm³/mol. The SMILES string of the molecule is NC(=NCCc1ccccn1)NCCOc1cccc2ccccc12. The molecule has 5 nitrogen and oxygen atoms in total. The van der Waals surface area contributed by atoms with Crippen molar-refractivity contribution in [2.75, 3.05) is 19.7 Å². The number of aliphatic imine (C=N–C) groups is 1. The number of nitrogens with one attached hydrogen (secondary N) is 1. The van der Waals surface area contributed by atoms with E-state index in [2.05, 4.69) is 33.5 Å². The molecular formula is C20H22N4O. The molecule has 0 aliphatic carbocycles. The van der Waals surface area contributed by atoms with Gasteiger partial charge in [-0.3, -0.25) is 9.98 Å². The average Bonchev–Trinajstić information content (AvgIpc) is 2.66. The Morgan fingerprint density at radius 1 is 1.04 bits per heavy atom. The van der Waals surface area contributed by atoms with Crippen molar-refractivity contribution in [3.05, 3.63) is 72.6 Å². The summed E-state index contributed by atoms with van der Waals surface area (Å²) in [5.74, 6) is 1.31. The molecule has 0 aliphatic heterocycles. The number of nitrogens with zero attached hydrogens (tertiary/aromatic N) is 2. The Labute approximate surface area is 147 Å². The topological polar surface area (TPSA) is 72.5 Å². The van der Waals surface area contributed by atoms with E-state index in [9.17, 15) is 0 Å². The summed E-state index contributed by atoms with van der Waals surface area (Å²) in [5, 5.41) is 5.35. The third-order valence-electron chi connectivity index (χ3n) is 3.79. The molecule has 0 fully saturated rings. The number of aromatic nitrogens is 1. The number of pyridine rings is 1. The van der Waals surface area contributed by atoms with Crippen molar-refractivity contribution in [3.63, 3.8) is 0 Å². The van der Waals surface area contributed by atoms with Crippen LogP contribution in [0.5, 0.6) is 5.75 Å². The minimum Gasteiger partial charge on any atom is -0.491 e. The van der Waals surface area contributed by atoms with Gasteiger partial charge < -0.3 is 15.8 Å². The van der Waals surface area contributed by atoms with E-state index in [1.807, 2.05) is 42.5 Å². The van der Waals surface area contributed by atoms with E-state index in [1.165, 1.54) is 5.39 Å². The number of guanidine groups is 1. The highest BCUT2D eigenvalue weighted by molar-refractivity contribution is 5.88. The van der Waals surface area contributed by atoms with Gasteiger partial charge in [-0.2, -0.15) is 0 Å². The summed E-state index contributed by atoms with van der Waals surface area (Å²) >= 11 is 0. The Morgan fingerprint density at radius 2 is 1.88 bits per heavy atom. The molecule has 0 saturated heterocycles. The van der Waals surface area contributed by atoms with Crippen LogP contribution in [0.3, 0.4) is 0 Å². The van der Waals surface area contributed by atoms with Crippen molar-refractivity contribution < 1.29 is 4.74 Å². The van der Waals surface area contributed by atoms with Crippen LogP contribution in [0, 0.1) is 0 Å². The van der Waals surface area contributed by atoms with E-state index in [0.29, 0.717) is 25.7 Å². The molecule has 2 aromatic carbocycles. The lowest BCUT2D eigenvalue weighted by molar-refractivity contribution is 0.326. The molecule has 0 amide bonds. The molecule has 128 valence electrons. The first-order chi connectivity index (χ1) is 12.3. The van der Waals surface area contributed by atoms with Crippen LogP contribution in [0.4, 0.5) is 0 Å². The fraction of sp³-hybridized carbons (Fsp3) is 0.200. The number of nitrogens with two attached hydrogens (primary N) is 1. The van der Waals surface area contributed by atoms with Gasteiger partial charge in [0.05, 0.1) is 6.54 Å². The maximum atomic E-state index is 5.87. The predicted octanol–water partition coefficient (Wildman–Crippen LogP) is 2.76. The first-order valence-electron chi connectivity index (χ1n) is 8.37. The van der Waals surface area contributed by atoms with Crippen LogP contribution in [0.1, 0.15) is 5.69 Å². The van der Waals surface area contributed by atoms with Gasteiger partial charge in [0.2, 0.25) is 0 Å². The zero-order chi connectivity index (χ0) is 17.3. The largest absolute Gasteiger partial charge is 0.491 e. The standard InChI is InChI=1S/C20H22N4O/c21-20(23-13-11-17-8-3-4-12-22-17)24-14-15-25-19-10-5-7-16-6-1-2-9-18(16)19/h1-10,12H,11,13-15H2,(H3,21,23,24). The Bertz CT molecular complexity index is 828.